The van der Waals surface area contributed by atoms with Gasteiger partial charge in [-0.05, 0) is 42.3 Å². The molecule has 0 heterocycles. The monoisotopic (exact) mass is 349 g/mol. The number of nitrogens with one attached hydrogen (secondary N) is 1. The van der Waals surface area contributed by atoms with Crippen molar-refractivity contribution in [1.29, 1.82) is 0 Å². The molecule has 2 N–H and O–H groups in total. The molecule has 5 nitrogen and oxygen atoms in total. The predicted molar refractivity (Wildman–Crippen MR) is 93.8 cm³/mol. The van der Waals surface area contributed by atoms with Crippen molar-refractivity contribution >= 4 is 0 Å². The summed E-state index contributed by atoms with van der Waals surface area (Å²) in [6.45, 7) is 2.70. The number of hydrogen-bond acceptors (Lipinski definition) is 5. The summed E-state index contributed by atoms with van der Waals surface area (Å²) in [5.41, 5.74) is 1.85. The van der Waals surface area contributed by atoms with Crippen LogP contribution in [0.2, 0.25) is 0 Å². The summed E-state index contributed by atoms with van der Waals surface area (Å²) >= 11 is 0. The Balaban J connectivity index is 2.02. The molecule has 0 aliphatic rings. The van der Waals surface area contributed by atoms with Crippen LogP contribution < -0.4 is 19.5 Å². The highest BCUT2D eigenvalue weighted by molar-refractivity contribution is 5.43. The van der Waals surface area contributed by atoms with Crippen LogP contribution in [0.5, 0.6) is 17.2 Å². The maximum atomic E-state index is 13.7. The third kappa shape index (κ3) is 5.08. The number of methoxy groups -OCH3 is 2. The Labute approximate surface area is 147 Å². The van der Waals surface area contributed by atoms with Gasteiger partial charge in [0.25, 0.3) is 0 Å². The van der Waals surface area contributed by atoms with E-state index in [9.17, 15) is 4.39 Å². The van der Waals surface area contributed by atoms with Gasteiger partial charge < -0.3 is 24.6 Å². The first-order chi connectivity index (χ1) is 12.1. The van der Waals surface area contributed by atoms with E-state index in [2.05, 4.69) is 5.32 Å². The van der Waals surface area contributed by atoms with Crippen LogP contribution in [0, 0.1) is 5.82 Å². The summed E-state index contributed by atoms with van der Waals surface area (Å²) in [6, 6.07) is 10.6. The average molecular weight is 349 g/mol. The fourth-order valence-electron chi connectivity index (χ4n) is 2.44. The van der Waals surface area contributed by atoms with Crippen LogP contribution in [0.1, 0.15) is 24.1 Å². The van der Waals surface area contributed by atoms with Crippen molar-refractivity contribution in [2.45, 2.75) is 19.5 Å². The lowest BCUT2D eigenvalue weighted by molar-refractivity contribution is 0.196. The molecule has 0 bridgehead atoms. The van der Waals surface area contributed by atoms with Crippen molar-refractivity contribution in [3.8, 4) is 17.2 Å². The fraction of sp³-hybridized carbons (Fsp3) is 0.368. The highest BCUT2D eigenvalue weighted by Crippen LogP contribution is 2.30. The Morgan fingerprint density at radius 1 is 1.04 bits per heavy atom. The zero-order chi connectivity index (χ0) is 18.2. The molecular weight excluding hydrogens is 325 g/mol. The van der Waals surface area contributed by atoms with Crippen LogP contribution in [0.25, 0.3) is 0 Å². The molecule has 0 aliphatic heterocycles. The minimum Gasteiger partial charge on any atom is -0.494 e. The van der Waals surface area contributed by atoms with E-state index in [1.165, 1.54) is 13.2 Å². The second kappa shape index (κ2) is 9.25. The Morgan fingerprint density at radius 2 is 1.76 bits per heavy atom. The van der Waals surface area contributed by atoms with Gasteiger partial charge in [0, 0.05) is 12.6 Å². The molecule has 1 atom stereocenters. The molecule has 2 aromatic carbocycles. The molecule has 0 aromatic heterocycles. The molecule has 25 heavy (non-hydrogen) atoms. The van der Waals surface area contributed by atoms with Gasteiger partial charge in [-0.15, -0.1) is 0 Å². The first-order valence-electron chi connectivity index (χ1n) is 8.06. The van der Waals surface area contributed by atoms with Crippen LogP contribution in [-0.4, -0.2) is 32.5 Å². The predicted octanol–water partition coefficient (Wildman–Crippen LogP) is 3.06. The van der Waals surface area contributed by atoms with Gasteiger partial charge in [0.1, 0.15) is 6.61 Å². The number of rotatable bonds is 9. The van der Waals surface area contributed by atoms with E-state index in [0.717, 1.165) is 11.1 Å². The number of benzene rings is 2. The molecule has 2 aromatic rings. The van der Waals surface area contributed by atoms with Crippen LogP contribution >= 0.6 is 0 Å². The van der Waals surface area contributed by atoms with Crippen molar-refractivity contribution in [2.75, 3.05) is 27.4 Å². The molecule has 6 heteroatoms. The molecule has 0 spiro atoms. The third-order valence-corrected chi connectivity index (χ3v) is 3.87. The van der Waals surface area contributed by atoms with Crippen molar-refractivity contribution in [2.24, 2.45) is 0 Å². The molecule has 0 saturated carbocycles. The van der Waals surface area contributed by atoms with E-state index >= 15 is 0 Å². The van der Waals surface area contributed by atoms with Crippen LogP contribution in [0.3, 0.4) is 0 Å². The second-order valence-corrected chi connectivity index (χ2v) is 5.55. The zero-order valence-electron chi connectivity index (χ0n) is 14.7. The number of hydrogen-bond donors (Lipinski definition) is 2. The van der Waals surface area contributed by atoms with Crippen molar-refractivity contribution < 1.29 is 23.7 Å². The standard InChI is InChI=1S/C19H24FNO4/c1-13(21-12-14-4-6-17(23-2)16(20)10-14)15-5-7-18(25-9-8-22)19(11-15)24-3/h4-7,10-11,13,21-22H,8-9,12H2,1-3H3/t13-/m1/s1. The largest absolute Gasteiger partial charge is 0.494 e. The number of halogens is 1. The zero-order valence-corrected chi connectivity index (χ0v) is 14.7. The smallest absolute Gasteiger partial charge is 0.165 e. The lowest BCUT2D eigenvalue weighted by Crippen LogP contribution is -2.18. The van der Waals surface area contributed by atoms with Gasteiger partial charge in [-0.1, -0.05) is 12.1 Å². The fourth-order valence-corrected chi connectivity index (χ4v) is 2.44. The van der Waals surface area contributed by atoms with Gasteiger partial charge in [-0.25, -0.2) is 4.39 Å². The molecule has 136 valence electrons. The van der Waals surface area contributed by atoms with E-state index in [1.54, 1.807) is 13.2 Å². The second-order valence-electron chi connectivity index (χ2n) is 5.55. The topological polar surface area (TPSA) is 60.0 Å². The third-order valence-electron chi connectivity index (χ3n) is 3.87. The summed E-state index contributed by atoms with van der Waals surface area (Å²) in [5.74, 6) is 1.06. The number of aliphatic hydroxyl groups excluding tert-OH is 1. The summed E-state index contributed by atoms with van der Waals surface area (Å²) in [6.07, 6.45) is 0. The van der Waals surface area contributed by atoms with Crippen molar-refractivity contribution in [3.63, 3.8) is 0 Å². The highest BCUT2D eigenvalue weighted by Gasteiger charge is 2.11. The summed E-state index contributed by atoms with van der Waals surface area (Å²) in [5, 5.41) is 12.2. The average Bonchev–Trinajstić information content (AvgIpc) is 2.64. The highest BCUT2D eigenvalue weighted by atomic mass is 19.1. The van der Waals surface area contributed by atoms with Gasteiger partial charge in [0.05, 0.1) is 20.8 Å². The lowest BCUT2D eigenvalue weighted by Gasteiger charge is -2.17. The van der Waals surface area contributed by atoms with Crippen molar-refractivity contribution in [1.82, 2.24) is 5.32 Å². The summed E-state index contributed by atoms with van der Waals surface area (Å²) in [4.78, 5) is 0. The Bertz CT molecular complexity index is 693. The van der Waals surface area contributed by atoms with Crippen LogP contribution in [0.15, 0.2) is 36.4 Å². The Morgan fingerprint density at radius 3 is 2.40 bits per heavy atom. The number of aliphatic hydroxyl groups is 1. The van der Waals surface area contributed by atoms with Crippen LogP contribution in [0.4, 0.5) is 4.39 Å². The Kier molecular flexibility index (Phi) is 7.03. The molecule has 0 radical (unpaired) electrons. The summed E-state index contributed by atoms with van der Waals surface area (Å²) < 4.78 is 29.4. The lowest BCUT2D eigenvalue weighted by atomic mass is 10.1. The molecule has 0 unspecified atom stereocenters. The Hall–Kier alpha value is -2.31. The first kappa shape index (κ1) is 19.0. The van der Waals surface area contributed by atoms with Gasteiger partial charge in [-0.3, -0.25) is 0 Å². The van der Waals surface area contributed by atoms with Gasteiger partial charge in [0.2, 0.25) is 0 Å². The maximum Gasteiger partial charge on any atom is 0.165 e. The van der Waals surface area contributed by atoms with Gasteiger partial charge >= 0.3 is 0 Å². The van der Waals surface area contributed by atoms with E-state index < -0.39 is 0 Å². The van der Waals surface area contributed by atoms with E-state index in [-0.39, 0.29) is 30.8 Å². The van der Waals surface area contributed by atoms with E-state index in [1.807, 2.05) is 31.2 Å². The first-order valence-corrected chi connectivity index (χ1v) is 8.06. The van der Waals surface area contributed by atoms with Crippen molar-refractivity contribution in [3.05, 3.63) is 53.3 Å². The molecular formula is C19H24FNO4. The molecule has 0 fully saturated rings. The van der Waals surface area contributed by atoms with Crippen LogP contribution in [-0.2, 0) is 6.54 Å². The SMILES string of the molecule is COc1ccc(CN[C@H](C)c2ccc(OCCO)c(OC)c2)cc1F. The summed E-state index contributed by atoms with van der Waals surface area (Å²) in [7, 11) is 3.02. The number of ether oxygens (including phenoxy) is 3. The minimum absolute atomic E-state index is 0.0333. The van der Waals surface area contributed by atoms with E-state index in [4.69, 9.17) is 19.3 Å². The van der Waals surface area contributed by atoms with Gasteiger partial charge in [-0.2, -0.15) is 0 Å². The van der Waals surface area contributed by atoms with E-state index in [0.29, 0.717) is 18.0 Å². The molecule has 2 rings (SSSR count). The van der Waals surface area contributed by atoms with Gasteiger partial charge in [0.15, 0.2) is 23.1 Å². The molecule has 0 amide bonds. The normalized spacial score (nSPS) is 11.9. The maximum absolute atomic E-state index is 13.7. The quantitative estimate of drug-likeness (QED) is 0.729. The molecule has 0 saturated heterocycles. The minimum atomic E-state index is -0.374. The molecule has 0 aliphatic carbocycles.